The minimum absolute atomic E-state index is 0.295. The lowest BCUT2D eigenvalue weighted by Gasteiger charge is -2.07. The van der Waals surface area contributed by atoms with Gasteiger partial charge in [-0.15, -0.1) is 11.3 Å². The number of amides is 1. The summed E-state index contributed by atoms with van der Waals surface area (Å²) in [6.45, 7) is -0.411. The van der Waals surface area contributed by atoms with Crippen LogP contribution in [-0.2, 0) is 9.53 Å². The number of aromatic nitrogens is 2. The zero-order valence-electron chi connectivity index (χ0n) is 16.6. The van der Waals surface area contributed by atoms with Crippen LogP contribution in [0.25, 0.3) is 16.3 Å². The SMILES string of the molecule is COc1ccc(NC(=O)COC(=O)c2cn(-c3ccccc3)nc2-c2cccs2)cc1. The van der Waals surface area contributed by atoms with E-state index in [1.54, 1.807) is 42.3 Å². The molecule has 0 radical (unpaired) electrons. The molecule has 0 unspecified atom stereocenters. The summed E-state index contributed by atoms with van der Waals surface area (Å²) in [7, 11) is 1.57. The summed E-state index contributed by atoms with van der Waals surface area (Å²) < 4.78 is 12.0. The second-order valence-electron chi connectivity index (χ2n) is 6.50. The smallest absolute Gasteiger partial charge is 0.342 e. The van der Waals surface area contributed by atoms with E-state index in [1.165, 1.54) is 11.3 Å². The van der Waals surface area contributed by atoms with Crippen molar-refractivity contribution in [2.24, 2.45) is 0 Å². The van der Waals surface area contributed by atoms with Gasteiger partial charge in [-0.05, 0) is 47.8 Å². The minimum atomic E-state index is -0.615. The summed E-state index contributed by atoms with van der Waals surface area (Å²) in [5.74, 6) is -0.372. The zero-order chi connectivity index (χ0) is 21.6. The van der Waals surface area contributed by atoms with E-state index < -0.39 is 18.5 Å². The third-order valence-electron chi connectivity index (χ3n) is 4.42. The number of benzene rings is 2. The van der Waals surface area contributed by atoms with E-state index in [2.05, 4.69) is 10.4 Å². The number of rotatable bonds is 7. The van der Waals surface area contributed by atoms with Crippen molar-refractivity contribution in [2.75, 3.05) is 19.0 Å². The number of carbonyl (C=O) groups excluding carboxylic acids is 2. The molecule has 1 N–H and O–H groups in total. The van der Waals surface area contributed by atoms with Crippen LogP contribution in [0.3, 0.4) is 0 Å². The Morgan fingerprint density at radius 1 is 1.03 bits per heavy atom. The average molecular weight is 433 g/mol. The second kappa shape index (κ2) is 9.27. The van der Waals surface area contributed by atoms with Crippen LogP contribution in [-0.4, -0.2) is 35.4 Å². The molecule has 0 atom stereocenters. The number of hydrogen-bond acceptors (Lipinski definition) is 6. The first-order valence-corrected chi connectivity index (χ1v) is 10.3. The van der Waals surface area contributed by atoms with Gasteiger partial charge in [0.2, 0.25) is 0 Å². The largest absolute Gasteiger partial charge is 0.497 e. The predicted molar refractivity (Wildman–Crippen MR) is 119 cm³/mol. The van der Waals surface area contributed by atoms with Gasteiger partial charge in [-0.25, -0.2) is 9.48 Å². The Morgan fingerprint density at radius 3 is 2.48 bits per heavy atom. The van der Waals surface area contributed by atoms with E-state index in [4.69, 9.17) is 9.47 Å². The van der Waals surface area contributed by atoms with Crippen molar-refractivity contribution in [2.45, 2.75) is 0 Å². The van der Waals surface area contributed by atoms with Crippen molar-refractivity contribution < 1.29 is 19.1 Å². The van der Waals surface area contributed by atoms with Gasteiger partial charge in [0.15, 0.2) is 6.61 Å². The molecular weight excluding hydrogens is 414 g/mol. The number of anilines is 1. The Morgan fingerprint density at radius 2 is 1.81 bits per heavy atom. The summed E-state index contributed by atoms with van der Waals surface area (Å²) in [4.78, 5) is 25.8. The van der Waals surface area contributed by atoms with Gasteiger partial charge in [0, 0.05) is 11.9 Å². The number of thiophene rings is 1. The van der Waals surface area contributed by atoms with Crippen molar-refractivity contribution in [1.82, 2.24) is 9.78 Å². The van der Waals surface area contributed by atoms with Gasteiger partial charge in [-0.3, -0.25) is 4.79 Å². The molecule has 8 heteroatoms. The van der Waals surface area contributed by atoms with E-state index in [0.29, 0.717) is 22.7 Å². The molecule has 0 bridgehead atoms. The summed E-state index contributed by atoms with van der Waals surface area (Å²) in [5, 5.41) is 9.16. The molecule has 0 saturated carbocycles. The van der Waals surface area contributed by atoms with E-state index in [9.17, 15) is 9.59 Å². The molecule has 4 aromatic rings. The van der Waals surface area contributed by atoms with Crippen LogP contribution >= 0.6 is 11.3 Å². The lowest BCUT2D eigenvalue weighted by atomic mass is 10.2. The monoisotopic (exact) mass is 433 g/mol. The summed E-state index contributed by atoms with van der Waals surface area (Å²) in [6, 6.07) is 20.1. The highest BCUT2D eigenvalue weighted by molar-refractivity contribution is 7.13. The molecule has 7 nitrogen and oxygen atoms in total. The first-order valence-electron chi connectivity index (χ1n) is 9.44. The van der Waals surface area contributed by atoms with Gasteiger partial charge in [-0.2, -0.15) is 5.10 Å². The summed E-state index contributed by atoms with van der Waals surface area (Å²) in [5.41, 5.74) is 2.21. The van der Waals surface area contributed by atoms with Gasteiger partial charge < -0.3 is 14.8 Å². The quantitative estimate of drug-likeness (QED) is 0.437. The number of nitrogens with zero attached hydrogens (tertiary/aromatic N) is 2. The van der Waals surface area contributed by atoms with Gasteiger partial charge in [0.05, 0.1) is 17.7 Å². The van der Waals surface area contributed by atoms with Crippen LogP contribution in [0.4, 0.5) is 5.69 Å². The third-order valence-corrected chi connectivity index (χ3v) is 5.29. The molecule has 1 amide bonds. The van der Waals surface area contributed by atoms with Crippen molar-refractivity contribution in [3.05, 3.63) is 83.9 Å². The second-order valence-corrected chi connectivity index (χ2v) is 7.45. The molecule has 0 aliphatic rings. The highest BCUT2D eigenvalue weighted by atomic mass is 32.1. The fourth-order valence-electron chi connectivity index (χ4n) is 2.91. The average Bonchev–Trinajstić information content (AvgIpc) is 3.49. The van der Waals surface area contributed by atoms with Crippen LogP contribution < -0.4 is 10.1 Å². The number of para-hydroxylation sites is 1. The topological polar surface area (TPSA) is 82.5 Å². The number of ether oxygens (including phenoxy) is 2. The van der Waals surface area contributed by atoms with Crippen molar-refractivity contribution >= 4 is 28.9 Å². The number of carbonyl (C=O) groups is 2. The third kappa shape index (κ3) is 4.81. The molecule has 2 heterocycles. The Labute approximate surface area is 182 Å². The number of nitrogens with one attached hydrogen (secondary N) is 1. The molecular formula is C23H19N3O4S. The lowest BCUT2D eigenvalue weighted by molar-refractivity contribution is -0.119. The lowest BCUT2D eigenvalue weighted by Crippen LogP contribution is -2.21. The Balaban J connectivity index is 1.48. The fraction of sp³-hybridized carbons (Fsp3) is 0.0870. The molecule has 2 aromatic carbocycles. The molecule has 0 fully saturated rings. The standard InChI is InChI=1S/C23H19N3O4S/c1-29-18-11-9-16(10-12-18)24-21(27)15-30-23(28)19-14-26(17-6-3-2-4-7-17)25-22(19)20-8-5-13-31-20/h2-14H,15H2,1H3,(H,24,27). The fourth-order valence-corrected chi connectivity index (χ4v) is 3.64. The highest BCUT2D eigenvalue weighted by Crippen LogP contribution is 2.28. The minimum Gasteiger partial charge on any atom is -0.497 e. The molecule has 0 aliphatic carbocycles. The first-order chi connectivity index (χ1) is 15.1. The van der Waals surface area contributed by atoms with Crippen LogP contribution in [0.1, 0.15) is 10.4 Å². The van der Waals surface area contributed by atoms with Crippen molar-refractivity contribution in [3.8, 4) is 22.0 Å². The summed E-state index contributed by atoms with van der Waals surface area (Å²) >= 11 is 1.47. The van der Waals surface area contributed by atoms with Gasteiger partial charge in [-0.1, -0.05) is 24.3 Å². The van der Waals surface area contributed by atoms with Gasteiger partial charge in [0.1, 0.15) is 17.0 Å². The number of methoxy groups -OCH3 is 1. The molecule has 0 saturated heterocycles. The first kappa shape index (κ1) is 20.4. The van der Waals surface area contributed by atoms with E-state index >= 15 is 0 Å². The molecule has 4 rings (SSSR count). The van der Waals surface area contributed by atoms with Crippen LogP contribution in [0.5, 0.6) is 5.75 Å². The van der Waals surface area contributed by atoms with Crippen LogP contribution in [0.15, 0.2) is 78.3 Å². The summed E-state index contributed by atoms with van der Waals surface area (Å²) in [6.07, 6.45) is 1.62. The Kier molecular flexibility index (Phi) is 6.09. The van der Waals surface area contributed by atoms with Gasteiger partial charge >= 0.3 is 5.97 Å². The zero-order valence-corrected chi connectivity index (χ0v) is 17.5. The maximum Gasteiger partial charge on any atom is 0.342 e. The maximum absolute atomic E-state index is 12.8. The van der Waals surface area contributed by atoms with Gasteiger partial charge in [0.25, 0.3) is 5.91 Å². The van der Waals surface area contributed by atoms with E-state index in [-0.39, 0.29) is 0 Å². The molecule has 0 aliphatic heterocycles. The maximum atomic E-state index is 12.8. The van der Waals surface area contributed by atoms with E-state index in [0.717, 1.165) is 10.6 Å². The Hall–Kier alpha value is -3.91. The molecule has 0 spiro atoms. The van der Waals surface area contributed by atoms with Crippen molar-refractivity contribution in [1.29, 1.82) is 0 Å². The molecule has 156 valence electrons. The number of esters is 1. The van der Waals surface area contributed by atoms with Crippen LogP contribution in [0.2, 0.25) is 0 Å². The van der Waals surface area contributed by atoms with Crippen LogP contribution in [0, 0.1) is 0 Å². The predicted octanol–water partition coefficient (Wildman–Crippen LogP) is 4.40. The molecule has 31 heavy (non-hydrogen) atoms. The normalized spacial score (nSPS) is 10.5. The van der Waals surface area contributed by atoms with Crippen molar-refractivity contribution in [3.63, 3.8) is 0 Å². The Bertz CT molecular complexity index is 1170. The number of hydrogen-bond donors (Lipinski definition) is 1. The highest BCUT2D eigenvalue weighted by Gasteiger charge is 2.21. The van der Waals surface area contributed by atoms with E-state index in [1.807, 2.05) is 47.8 Å². The molecule has 2 aromatic heterocycles.